The van der Waals surface area contributed by atoms with E-state index in [1.54, 1.807) is 30.3 Å². The summed E-state index contributed by atoms with van der Waals surface area (Å²) >= 11 is 0. The lowest BCUT2D eigenvalue weighted by atomic mass is 10.2. The van der Waals surface area contributed by atoms with Crippen LogP contribution in [0.5, 0.6) is 0 Å². The quantitative estimate of drug-likeness (QED) is 0.911. The zero-order valence-electron chi connectivity index (χ0n) is 9.60. The minimum absolute atomic E-state index is 0.114. The number of hydrogen-bond donors (Lipinski definition) is 1. The van der Waals surface area contributed by atoms with Crippen LogP contribution in [0.3, 0.4) is 0 Å². The Morgan fingerprint density at radius 3 is 2.61 bits per heavy atom. The van der Waals surface area contributed by atoms with Crippen molar-refractivity contribution in [3.05, 3.63) is 47.8 Å². The van der Waals surface area contributed by atoms with Crippen LogP contribution in [0.2, 0.25) is 0 Å². The molecule has 1 aromatic carbocycles. The van der Waals surface area contributed by atoms with Crippen LogP contribution in [0.4, 0.5) is 14.5 Å². The van der Waals surface area contributed by atoms with E-state index < -0.39 is 18.0 Å². The number of para-hydroxylation sites is 1. The molecule has 1 aromatic heterocycles. The van der Waals surface area contributed by atoms with Gasteiger partial charge >= 0.3 is 0 Å². The summed E-state index contributed by atoms with van der Waals surface area (Å²) in [6.45, 7) is 0. The Kier molecular flexibility index (Phi) is 3.36. The van der Waals surface area contributed by atoms with Gasteiger partial charge in [-0.15, -0.1) is 0 Å². The summed E-state index contributed by atoms with van der Waals surface area (Å²) in [7, 11) is 1.49. The molecule has 0 aliphatic carbocycles. The number of nitrogens with one attached hydrogen (secondary N) is 1. The van der Waals surface area contributed by atoms with Crippen LogP contribution in [-0.4, -0.2) is 15.7 Å². The van der Waals surface area contributed by atoms with Crippen LogP contribution >= 0.6 is 0 Å². The van der Waals surface area contributed by atoms with Crippen molar-refractivity contribution in [2.75, 3.05) is 5.32 Å². The molecule has 6 heteroatoms. The number of amides is 1. The molecule has 0 radical (unpaired) electrons. The summed E-state index contributed by atoms with van der Waals surface area (Å²) in [4.78, 5) is 11.9. The minimum atomic E-state index is -2.78. The molecule has 18 heavy (non-hydrogen) atoms. The second-order valence-corrected chi connectivity index (χ2v) is 3.72. The summed E-state index contributed by atoms with van der Waals surface area (Å²) in [5.41, 5.74) is -0.0751. The Balaban J connectivity index is 2.24. The summed E-state index contributed by atoms with van der Waals surface area (Å²) in [5, 5.41) is 6.12. The maximum Gasteiger partial charge on any atom is 0.282 e. The third-order valence-electron chi connectivity index (χ3n) is 2.34. The van der Waals surface area contributed by atoms with Crippen molar-refractivity contribution < 1.29 is 13.6 Å². The fraction of sp³-hybridized carbons (Fsp3) is 0.167. The van der Waals surface area contributed by atoms with Gasteiger partial charge in [0.05, 0.1) is 5.56 Å². The first kappa shape index (κ1) is 12.2. The monoisotopic (exact) mass is 251 g/mol. The van der Waals surface area contributed by atoms with Crippen molar-refractivity contribution in [3.63, 3.8) is 0 Å². The van der Waals surface area contributed by atoms with Gasteiger partial charge in [-0.2, -0.15) is 5.10 Å². The molecule has 0 unspecified atom stereocenters. The van der Waals surface area contributed by atoms with Crippen LogP contribution in [0.25, 0.3) is 0 Å². The highest BCUT2D eigenvalue weighted by atomic mass is 19.3. The molecule has 2 aromatic rings. The first-order chi connectivity index (χ1) is 8.58. The largest absolute Gasteiger partial charge is 0.322 e. The van der Waals surface area contributed by atoms with Crippen LogP contribution in [0.15, 0.2) is 36.5 Å². The van der Waals surface area contributed by atoms with E-state index in [1.165, 1.54) is 17.9 Å². The van der Waals surface area contributed by atoms with Gasteiger partial charge in [0.2, 0.25) is 0 Å². The third kappa shape index (κ3) is 2.53. The Labute approximate surface area is 102 Å². The van der Waals surface area contributed by atoms with Crippen molar-refractivity contribution in [1.82, 2.24) is 9.78 Å². The van der Waals surface area contributed by atoms with Crippen molar-refractivity contribution in [1.29, 1.82) is 0 Å². The predicted octanol–water partition coefficient (Wildman–Crippen LogP) is 2.61. The van der Waals surface area contributed by atoms with E-state index >= 15 is 0 Å². The van der Waals surface area contributed by atoms with E-state index in [9.17, 15) is 13.6 Å². The van der Waals surface area contributed by atoms with Gasteiger partial charge in [0.1, 0.15) is 5.69 Å². The van der Waals surface area contributed by atoms with E-state index in [0.717, 1.165) is 0 Å². The maximum atomic E-state index is 12.7. The normalized spacial score (nSPS) is 10.7. The number of nitrogens with zero attached hydrogens (tertiary/aromatic N) is 2. The van der Waals surface area contributed by atoms with Crippen molar-refractivity contribution in [2.45, 2.75) is 6.43 Å². The number of hydrogen-bond acceptors (Lipinski definition) is 2. The lowest BCUT2D eigenvalue weighted by Gasteiger charge is -2.04. The highest BCUT2D eigenvalue weighted by Crippen LogP contribution is 2.21. The smallest absolute Gasteiger partial charge is 0.282 e. The molecule has 94 valence electrons. The summed E-state index contributed by atoms with van der Waals surface area (Å²) in [5.74, 6) is -0.593. The molecule has 1 N–H and O–H groups in total. The SMILES string of the molecule is Cn1cc(C(=O)Nc2ccccc2)c(C(F)F)n1. The van der Waals surface area contributed by atoms with E-state index in [-0.39, 0.29) is 5.56 Å². The standard InChI is InChI=1S/C12H11F2N3O/c1-17-7-9(10(16-17)11(13)14)12(18)15-8-5-3-2-4-6-8/h2-7,11H,1H3,(H,15,18). The van der Waals surface area contributed by atoms with Crippen molar-refractivity contribution in [2.24, 2.45) is 7.05 Å². The van der Waals surface area contributed by atoms with Crippen LogP contribution < -0.4 is 5.32 Å². The second kappa shape index (κ2) is 4.95. The molecule has 0 aliphatic heterocycles. The molecule has 0 saturated carbocycles. The fourth-order valence-electron chi connectivity index (χ4n) is 1.56. The number of aryl methyl sites for hydroxylation is 1. The molecule has 0 bridgehead atoms. The van der Waals surface area contributed by atoms with Crippen molar-refractivity contribution >= 4 is 11.6 Å². The van der Waals surface area contributed by atoms with Gasteiger partial charge in [-0.25, -0.2) is 8.78 Å². The van der Waals surface area contributed by atoms with Gasteiger partial charge in [0.25, 0.3) is 12.3 Å². The molecule has 0 aliphatic rings. The van der Waals surface area contributed by atoms with Gasteiger partial charge in [0.15, 0.2) is 0 Å². The number of carbonyl (C=O) groups is 1. The number of anilines is 1. The number of halogens is 2. The topological polar surface area (TPSA) is 46.9 Å². The van der Waals surface area contributed by atoms with Gasteiger partial charge in [0, 0.05) is 18.9 Å². The Morgan fingerprint density at radius 1 is 1.33 bits per heavy atom. The van der Waals surface area contributed by atoms with Gasteiger partial charge < -0.3 is 5.32 Å². The molecule has 1 heterocycles. The average Bonchev–Trinajstić information content (AvgIpc) is 2.73. The second-order valence-electron chi connectivity index (χ2n) is 3.72. The first-order valence-corrected chi connectivity index (χ1v) is 5.26. The van der Waals surface area contributed by atoms with Gasteiger partial charge in [-0.3, -0.25) is 9.48 Å². The molecule has 0 spiro atoms. The minimum Gasteiger partial charge on any atom is -0.322 e. The van der Waals surface area contributed by atoms with Crippen LogP contribution in [0, 0.1) is 0 Å². The third-order valence-corrected chi connectivity index (χ3v) is 2.34. The molecule has 0 atom stereocenters. The number of carbonyl (C=O) groups excluding carboxylic acids is 1. The highest BCUT2D eigenvalue weighted by Gasteiger charge is 2.22. The number of benzene rings is 1. The summed E-state index contributed by atoms with van der Waals surface area (Å²) in [6.07, 6.45) is -1.50. The molecule has 0 fully saturated rings. The Morgan fingerprint density at radius 2 is 2.00 bits per heavy atom. The van der Waals surface area contributed by atoms with Gasteiger partial charge in [-0.1, -0.05) is 18.2 Å². The summed E-state index contributed by atoms with van der Waals surface area (Å²) < 4.78 is 26.6. The maximum absolute atomic E-state index is 12.7. The van der Waals surface area contributed by atoms with E-state index in [4.69, 9.17) is 0 Å². The molecule has 1 amide bonds. The van der Waals surface area contributed by atoms with E-state index in [1.807, 2.05) is 0 Å². The lowest BCUT2D eigenvalue weighted by molar-refractivity contribution is 0.101. The fourth-order valence-corrected chi connectivity index (χ4v) is 1.56. The zero-order chi connectivity index (χ0) is 13.1. The highest BCUT2D eigenvalue weighted by molar-refractivity contribution is 6.04. The zero-order valence-corrected chi connectivity index (χ0v) is 9.60. The molecule has 2 rings (SSSR count). The van der Waals surface area contributed by atoms with Gasteiger partial charge in [-0.05, 0) is 12.1 Å². The molecule has 4 nitrogen and oxygen atoms in total. The van der Waals surface area contributed by atoms with E-state index in [0.29, 0.717) is 5.69 Å². The number of aromatic nitrogens is 2. The Hall–Kier alpha value is -2.24. The number of rotatable bonds is 3. The first-order valence-electron chi connectivity index (χ1n) is 5.26. The predicted molar refractivity (Wildman–Crippen MR) is 62.6 cm³/mol. The summed E-state index contributed by atoms with van der Waals surface area (Å²) in [6, 6.07) is 8.64. The average molecular weight is 251 g/mol. The van der Waals surface area contributed by atoms with Crippen molar-refractivity contribution in [3.8, 4) is 0 Å². The Bertz CT molecular complexity index is 552. The lowest BCUT2D eigenvalue weighted by Crippen LogP contribution is -2.13. The number of alkyl halides is 2. The van der Waals surface area contributed by atoms with Crippen LogP contribution in [0.1, 0.15) is 22.5 Å². The molecular weight excluding hydrogens is 240 g/mol. The molecular formula is C12H11F2N3O. The van der Waals surface area contributed by atoms with E-state index in [2.05, 4.69) is 10.4 Å². The molecule has 0 saturated heterocycles. The van der Waals surface area contributed by atoms with Crippen LogP contribution in [-0.2, 0) is 7.05 Å².